The van der Waals surface area contributed by atoms with Crippen LogP contribution >= 0.6 is 0 Å². The third-order valence-electron chi connectivity index (χ3n) is 4.40. The van der Waals surface area contributed by atoms with Gasteiger partial charge in [0.15, 0.2) is 0 Å². The van der Waals surface area contributed by atoms with E-state index in [-0.39, 0.29) is 18.5 Å². The molecule has 2 amide bonds. The van der Waals surface area contributed by atoms with E-state index in [0.717, 1.165) is 29.5 Å². The second kappa shape index (κ2) is 8.31. The van der Waals surface area contributed by atoms with E-state index in [1.807, 2.05) is 32.0 Å². The molecule has 0 spiro atoms. The molecule has 1 saturated carbocycles. The molecular formula is C18H25BN2O4. The van der Waals surface area contributed by atoms with Gasteiger partial charge in [-0.1, -0.05) is 30.3 Å². The first kappa shape index (κ1) is 19.2. The van der Waals surface area contributed by atoms with E-state index < -0.39 is 19.0 Å². The number of hydrogen-bond donors (Lipinski definition) is 3. The van der Waals surface area contributed by atoms with Crippen LogP contribution in [0, 0.1) is 13.8 Å². The van der Waals surface area contributed by atoms with Crippen molar-refractivity contribution < 1.29 is 19.6 Å². The SMILES string of the molecule is C=CC(=O)N(CC(=O)NC(Cc1ccc(C)cc1C)B(O)O)C1CC1. The molecule has 1 aromatic carbocycles. The number of carbonyl (C=O) groups is 2. The lowest BCUT2D eigenvalue weighted by molar-refractivity contribution is -0.133. The Bertz CT molecular complexity index is 658. The summed E-state index contributed by atoms with van der Waals surface area (Å²) in [6.45, 7) is 7.29. The number of nitrogens with one attached hydrogen (secondary N) is 1. The number of carbonyl (C=O) groups excluding carboxylic acids is 2. The number of amides is 2. The van der Waals surface area contributed by atoms with Gasteiger partial charge in [0.05, 0.1) is 5.94 Å². The van der Waals surface area contributed by atoms with Crippen LogP contribution < -0.4 is 5.32 Å². The summed E-state index contributed by atoms with van der Waals surface area (Å²) in [6.07, 6.45) is 3.25. The molecule has 25 heavy (non-hydrogen) atoms. The average molecular weight is 344 g/mol. The molecule has 1 aromatic rings. The summed E-state index contributed by atoms with van der Waals surface area (Å²) in [5.41, 5.74) is 3.08. The van der Waals surface area contributed by atoms with Crippen molar-refractivity contribution >= 4 is 18.9 Å². The minimum Gasteiger partial charge on any atom is -0.426 e. The molecule has 0 heterocycles. The Morgan fingerprint density at radius 1 is 1.40 bits per heavy atom. The van der Waals surface area contributed by atoms with Crippen molar-refractivity contribution in [3.63, 3.8) is 0 Å². The average Bonchev–Trinajstić information content (AvgIpc) is 3.38. The Morgan fingerprint density at radius 2 is 2.08 bits per heavy atom. The van der Waals surface area contributed by atoms with Gasteiger partial charge in [0.1, 0.15) is 6.54 Å². The molecule has 3 N–H and O–H groups in total. The molecule has 0 bridgehead atoms. The number of benzene rings is 1. The number of aryl methyl sites for hydroxylation is 2. The number of nitrogens with zero attached hydrogens (tertiary/aromatic N) is 1. The van der Waals surface area contributed by atoms with Gasteiger partial charge in [-0.05, 0) is 50.3 Å². The quantitative estimate of drug-likeness (QED) is 0.474. The molecule has 0 aliphatic heterocycles. The first-order valence-electron chi connectivity index (χ1n) is 8.46. The smallest absolute Gasteiger partial charge is 0.426 e. The maximum absolute atomic E-state index is 12.3. The molecule has 1 aliphatic rings. The van der Waals surface area contributed by atoms with Gasteiger partial charge in [0.2, 0.25) is 11.8 Å². The second-order valence-electron chi connectivity index (χ2n) is 6.62. The Hall–Kier alpha value is -2.12. The molecule has 6 nitrogen and oxygen atoms in total. The highest BCUT2D eigenvalue weighted by Crippen LogP contribution is 2.26. The summed E-state index contributed by atoms with van der Waals surface area (Å²) in [6, 6.07) is 5.95. The molecule has 1 unspecified atom stereocenters. The molecule has 0 saturated heterocycles. The van der Waals surface area contributed by atoms with E-state index in [2.05, 4.69) is 11.9 Å². The molecule has 134 valence electrons. The van der Waals surface area contributed by atoms with E-state index in [1.165, 1.54) is 11.0 Å². The van der Waals surface area contributed by atoms with Crippen LogP contribution in [0.1, 0.15) is 29.5 Å². The Balaban J connectivity index is 2.01. The molecule has 7 heteroatoms. The summed E-state index contributed by atoms with van der Waals surface area (Å²) in [5, 5.41) is 21.9. The summed E-state index contributed by atoms with van der Waals surface area (Å²) < 4.78 is 0. The predicted octanol–water partition coefficient (Wildman–Crippen LogP) is 0.520. The fraction of sp³-hybridized carbons (Fsp3) is 0.444. The topological polar surface area (TPSA) is 89.9 Å². The molecule has 1 atom stereocenters. The monoisotopic (exact) mass is 344 g/mol. The highest BCUT2D eigenvalue weighted by molar-refractivity contribution is 6.43. The third kappa shape index (κ3) is 5.44. The van der Waals surface area contributed by atoms with Gasteiger partial charge in [-0.3, -0.25) is 9.59 Å². The van der Waals surface area contributed by atoms with Gasteiger partial charge in [-0.25, -0.2) is 0 Å². The van der Waals surface area contributed by atoms with E-state index in [1.54, 1.807) is 0 Å². The molecule has 1 aliphatic carbocycles. The zero-order valence-electron chi connectivity index (χ0n) is 14.7. The van der Waals surface area contributed by atoms with Crippen LogP contribution in [0.3, 0.4) is 0 Å². The van der Waals surface area contributed by atoms with Crippen LogP contribution in [0.2, 0.25) is 0 Å². The Kier molecular flexibility index (Phi) is 6.39. The van der Waals surface area contributed by atoms with Crippen molar-refractivity contribution in [2.45, 2.75) is 45.1 Å². The molecule has 2 rings (SSSR count). The lowest BCUT2D eigenvalue weighted by Crippen LogP contribution is -2.51. The van der Waals surface area contributed by atoms with E-state index in [4.69, 9.17) is 0 Å². The lowest BCUT2D eigenvalue weighted by atomic mass is 9.75. The minimum absolute atomic E-state index is 0.0769. The van der Waals surface area contributed by atoms with Crippen molar-refractivity contribution in [1.82, 2.24) is 10.2 Å². The van der Waals surface area contributed by atoms with Crippen molar-refractivity contribution in [2.24, 2.45) is 0 Å². The summed E-state index contributed by atoms with van der Waals surface area (Å²) in [4.78, 5) is 25.6. The molecule has 1 fully saturated rings. The van der Waals surface area contributed by atoms with Crippen LogP contribution in [0.15, 0.2) is 30.9 Å². The third-order valence-corrected chi connectivity index (χ3v) is 4.40. The summed E-state index contributed by atoms with van der Waals surface area (Å²) in [5.74, 6) is -1.54. The summed E-state index contributed by atoms with van der Waals surface area (Å²) >= 11 is 0. The zero-order valence-corrected chi connectivity index (χ0v) is 14.7. The lowest BCUT2D eigenvalue weighted by Gasteiger charge is -2.23. The Morgan fingerprint density at radius 3 is 2.60 bits per heavy atom. The second-order valence-corrected chi connectivity index (χ2v) is 6.62. The van der Waals surface area contributed by atoms with Gasteiger partial charge in [0, 0.05) is 6.04 Å². The van der Waals surface area contributed by atoms with Crippen LogP contribution in [-0.4, -0.2) is 52.4 Å². The van der Waals surface area contributed by atoms with Gasteiger partial charge in [-0.2, -0.15) is 0 Å². The van der Waals surface area contributed by atoms with Crippen molar-refractivity contribution in [3.05, 3.63) is 47.5 Å². The van der Waals surface area contributed by atoms with Crippen LogP contribution in [0.5, 0.6) is 0 Å². The summed E-state index contributed by atoms with van der Waals surface area (Å²) in [7, 11) is -1.69. The largest absolute Gasteiger partial charge is 0.475 e. The van der Waals surface area contributed by atoms with Crippen LogP contribution in [0.4, 0.5) is 0 Å². The van der Waals surface area contributed by atoms with Gasteiger partial charge < -0.3 is 20.3 Å². The van der Waals surface area contributed by atoms with Crippen LogP contribution in [0.25, 0.3) is 0 Å². The minimum atomic E-state index is -1.69. The first-order chi connectivity index (χ1) is 11.8. The Labute approximate surface area is 148 Å². The highest BCUT2D eigenvalue weighted by Gasteiger charge is 2.34. The van der Waals surface area contributed by atoms with E-state index >= 15 is 0 Å². The first-order valence-corrected chi connectivity index (χ1v) is 8.46. The maximum atomic E-state index is 12.3. The predicted molar refractivity (Wildman–Crippen MR) is 96.7 cm³/mol. The number of hydrogen-bond acceptors (Lipinski definition) is 4. The normalized spacial score (nSPS) is 14.6. The van der Waals surface area contributed by atoms with Crippen molar-refractivity contribution in [3.8, 4) is 0 Å². The van der Waals surface area contributed by atoms with E-state index in [0.29, 0.717) is 6.42 Å². The van der Waals surface area contributed by atoms with Gasteiger partial charge in [0.25, 0.3) is 0 Å². The standard InChI is InChI=1S/C18H25BN2O4/c1-4-18(23)21(15-7-8-15)11-17(22)20-16(19(24)25)10-14-6-5-12(2)9-13(14)3/h4-6,9,15-16,24-25H,1,7-8,10-11H2,2-3H3,(H,20,22). The fourth-order valence-electron chi connectivity index (χ4n) is 2.84. The van der Waals surface area contributed by atoms with Gasteiger partial charge >= 0.3 is 7.12 Å². The zero-order chi connectivity index (χ0) is 18.6. The van der Waals surface area contributed by atoms with Crippen LogP contribution in [-0.2, 0) is 16.0 Å². The van der Waals surface area contributed by atoms with Gasteiger partial charge in [-0.15, -0.1) is 0 Å². The molecular weight excluding hydrogens is 319 g/mol. The highest BCUT2D eigenvalue weighted by atomic mass is 16.4. The fourth-order valence-corrected chi connectivity index (χ4v) is 2.84. The van der Waals surface area contributed by atoms with E-state index in [9.17, 15) is 19.6 Å². The van der Waals surface area contributed by atoms with Crippen molar-refractivity contribution in [2.75, 3.05) is 6.54 Å². The number of rotatable bonds is 8. The molecule has 0 aromatic heterocycles. The molecule has 0 radical (unpaired) electrons. The van der Waals surface area contributed by atoms with Crippen molar-refractivity contribution in [1.29, 1.82) is 0 Å². The maximum Gasteiger partial charge on any atom is 0.475 e.